The number of carbonyl (C=O) groups is 1. The van der Waals surface area contributed by atoms with Crippen LogP contribution in [0.2, 0.25) is 0 Å². The molecule has 0 amide bonds. The van der Waals surface area contributed by atoms with Crippen molar-refractivity contribution in [1.82, 2.24) is 0 Å². The second-order valence-electron chi connectivity index (χ2n) is 5.19. The van der Waals surface area contributed by atoms with Crippen LogP contribution in [0.25, 0.3) is 0 Å². The van der Waals surface area contributed by atoms with Gasteiger partial charge in [0, 0.05) is 11.8 Å². The molecule has 0 saturated heterocycles. The van der Waals surface area contributed by atoms with Gasteiger partial charge >= 0.3 is 5.97 Å². The molecule has 2 rings (SSSR count). The highest BCUT2D eigenvalue weighted by Gasteiger charge is 2.22. The molecule has 2 aromatic carbocycles. The van der Waals surface area contributed by atoms with Crippen LogP contribution in [0.1, 0.15) is 12.0 Å². The molecule has 2 aromatic rings. The second-order valence-corrected chi connectivity index (χ2v) is 5.98. The Morgan fingerprint density at radius 1 is 1.04 bits per heavy atom. The minimum Gasteiger partial charge on any atom is -0.497 e. The van der Waals surface area contributed by atoms with Crippen molar-refractivity contribution in [3.05, 3.63) is 54.1 Å². The van der Waals surface area contributed by atoms with Crippen LogP contribution < -0.4 is 14.2 Å². The lowest BCUT2D eigenvalue weighted by atomic mass is 10.2. The van der Waals surface area contributed by atoms with Crippen LogP contribution in [0.3, 0.4) is 0 Å². The van der Waals surface area contributed by atoms with Crippen LogP contribution in [0.15, 0.2) is 48.5 Å². The van der Waals surface area contributed by atoms with Crippen molar-refractivity contribution in [2.24, 2.45) is 0 Å². The number of alkyl halides is 1. The number of benzene rings is 2. The Hall–Kier alpha value is -2.21. The molecule has 6 heteroatoms. The zero-order valence-corrected chi connectivity index (χ0v) is 15.8. The standard InChI is InChI=1S/C19H21BrO5/c1-22-15-9-7-14(8-10-15)13-24-16-5-3-4-6-17(16)25-18(11-12-20)19(21)23-2/h3-10,18H,11-13H2,1-2H3/t18-/m0/s1. The summed E-state index contributed by atoms with van der Waals surface area (Å²) in [6.45, 7) is 0.381. The number of para-hydroxylation sites is 2. The van der Waals surface area contributed by atoms with Gasteiger partial charge in [0.2, 0.25) is 0 Å². The van der Waals surface area contributed by atoms with Gasteiger partial charge in [-0.05, 0) is 29.8 Å². The molecule has 0 spiro atoms. The molecule has 0 aliphatic rings. The molecule has 0 bridgehead atoms. The zero-order chi connectivity index (χ0) is 18.1. The topological polar surface area (TPSA) is 54.0 Å². The maximum absolute atomic E-state index is 11.8. The fraction of sp³-hybridized carbons (Fsp3) is 0.316. The Morgan fingerprint density at radius 2 is 1.72 bits per heavy atom. The number of hydrogen-bond acceptors (Lipinski definition) is 5. The molecule has 0 aliphatic heterocycles. The van der Waals surface area contributed by atoms with E-state index in [-0.39, 0.29) is 0 Å². The van der Waals surface area contributed by atoms with Crippen molar-refractivity contribution in [3.63, 3.8) is 0 Å². The molecule has 0 heterocycles. The maximum atomic E-state index is 11.8. The lowest BCUT2D eigenvalue weighted by Gasteiger charge is -2.18. The van der Waals surface area contributed by atoms with Gasteiger partial charge in [-0.1, -0.05) is 40.2 Å². The summed E-state index contributed by atoms with van der Waals surface area (Å²) in [7, 11) is 2.97. The molecular weight excluding hydrogens is 388 g/mol. The average Bonchev–Trinajstić information content (AvgIpc) is 2.66. The molecular formula is C19H21BrO5. The smallest absolute Gasteiger partial charge is 0.347 e. The van der Waals surface area contributed by atoms with E-state index in [1.54, 1.807) is 19.2 Å². The van der Waals surface area contributed by atoms with Gasteiger partial charge in [0.25, 0.3) is 0 Å². The van der Waals surface area contributed by atoms with Crippen molar-refractivity contribution in [3.8, 4) is 17.2 Å². The lowest BCUT2D eigenvalue weighted by Crippen LogP contribution is -2.29. The van der Waals surface area contributed by atoms with Crippen LogP contribution in [-0.4, -0.2) is 31.6 Å². The van der Waals surface area contributed by atoms with Crippen LogP contribution in [0, 0.1) is 0 Å². The number of rotatable bonds is 9. The van der Waals surface area contributed by atoms with E-state index in [4.69, 9.17) is 18.9 Å². The third-order valence-electron chi connectivity index (χ3n) is 3.51. The molecule has 0 radical (unpaired) electrons. The van der Waals surface area contributed by atoms with Gasteiger partial charge < -0.3 is 18.9 Å². The molecule has 0 saturated carbocycles. The third kappa shape index (κ3) is 5.67. The van der Waals surface area contributed by atoms with Crippen LogP contribution in [0.5, 0.6) is 17.2 Å². The molecule has 0 aromatic heterocycles. The number of ether oxygens (including phenoxy) is 4. The highest BCUT2D eigenvalue weighted by atomic mass is 79.9. The Kier molecular flexibility index (Phi) is 7.60. The monoisotopic (exact) mass is 408 g/mol. The van der Waals surface area contributed by atoms with Gasteiger partial charge in [0.15, 0.2) is 17.6 Å². The van der Waals surface area contributed by atoms with Crippen LogP contribution in [0.4, 0.5) is 0 Å². The van der Waals surface area contributed by atoms with Crippen molar-refractivity contribution < 1.29 is 23.7 Å². The quantitative estimate of drug-likeness (QED) is 0.463. The van der Waals surface area contributed by atoms with E-state index in [1.165, 1.54) is 7.11 Å². The molecule has 0 N–H and O–H groups in total. The SMILES string of the molecule is COC(=O)[C@H](CCBr)Oc1ccccc1OCc1ccc(OC)cc1. The van der Waals surface area contributed by atoms with E-state index in [0.29, 0.717) is 29.9 Å². The van der Waals surface area contributed by atoms with Crippen LogP contribution in [-0.2, 0) is 16.1 Å². The molecule has 1 atom stereocenters. The molecule has 0 fully saturated rings. The zero-order valence-electron chi connectivity index (χ0n) is 14.2. The first-order valence-electron chi connectivity index (χ1n) is 7.83. The second kappa shape index (κ2) is 9.93. The van der Waals surface area contributed by atoms with Gasteiger partial charge in [-0.15, -0.1) is 0 Å². The average molecular weight is 409 g/mol. The highest BCUT2D eigenvalue weighted by Crippen LogP contribution is 2.29. The molecule has 5 nitrogen and oxygen atoms in total. The first-order chi connectivity index (χ1) is 12.2. The summed E-state index contributed by atoms with van der Waals surface area (Å²) in [5.41, 5.74) is 1.00. The number of halogens is 1. The molecule has 134 valence electrons. The van der Waals surface area contributed by atoms with Gasteiger partial charge in [0.1, 0.15) is 12.4 Å². The van der Waals surface area contributed by atoms with Gasteiger partial charge in [-0.3, -0.25) is 0 Å². The third-order valence-corrected chi connectivity index (χ3v) is 3.96. The predicted octanol–water partition coefficient (Wildman–Crippen LogP) is 3.98. The Bertz CT molecular complexity index is 672. The largest absolute Gasteiger partial charge is 0.497 e. The van der Waals surface area contributed by atoms with E-state index in [0.717, 1.165) is 11.3 Å². The molecule has 25 heavy (non-hydrogen) atoms. The van der Waals surface area contributed by atoms with Crippen molar-refractivity contribution >= 4 is 21.9 Å². The normalized spacial score (nSPS) is 11.5. The van der Waals surface area contributed by atoms with Crippen molar-refractivity contribution in [2.45, 2.75) is 19.1 Å². The number of carbonyl (C=O) groups excluding carboxylic acids is 1. The summed E-state index contributed by atoms with van der Waals surface area (Å²) in [4.78, 5) is 11.8. The van der Waals surface area contributed by atoms with Crippen LogP contribution >= 0.6 is 15.9 Å². The Labute approximate surface area is 156 Å². The minimum atomic E-state index is -0.685. The summed E-state index contributed by atoms with van der Waals surface area (Å²) in [6, 6.07) is 14.9. The number of hydrogen-bond donors (Lipinski definition) is 0. The van der Waals surface area contributed by atoms with Gasteiger partial charge in [0.05, 0.1) is 14.2 Å². The maximum Gasteiger partial charge on any atom is 0.347 e. The van der Waals surface area contributed by atoms with E-state index in [9.17, 15) is 4.79 Å². The summed E-state index contributed by atoms with van der Waals surface area (Å²) < 4.78 is 21.6. The Morgan fingerprint density at radius 3 is 2.32 bits per heavy atom. The van der Waals surface area contributed by atoms with Gasteiger partial charge in [-0.2, -0.15) is 0 Å². The summed E-state index contributed by atoms with van der Waals surface area (Å²) in [5, 5.41) is 0.627. The highest BCUT2D eigenvalue weighted by molar-refractivity contribution is 9.09. The van der Waals surface area contributed by atoms with Crippen molar-refractivity contribution in [2.75, 3.05) is 19.5 Å². The van der Waals surface area contributed by atoms with E-state index < -0.39 is 12.1 Å². The summed E-state index contributed by atoms with van der Waals surface area (Å²) >= 11 is 3.32. The van der Waals surface area contributed by atoms with E-state index in [1.807, 2.05) is 36.4 Å². The fourth-order valence-corrected chi connectivity index (χ4v) is 2.57. The Balaban J connectivity index is 2.07. The van der Waals surface area contributed by atoms with Gasteiger partial charge in [-0.25, -0.2) is 4.79 Å². The number of esters is 1. The lowest BCUT2D eigenvalue weighted by molar-refractivity contribution is -0.148. The minimum absolute atomic E-state index is 0.381. The molecule has 0 unspecified atom stereocenters. The van der Waals surface area contributed by atoms with E-state index in [2.05, 4.69) is 15.9 Å². The fourth-order valence-electron chi connectivity index (χ4n) is 2.16. The first kappa shape index (κ1) is 19.1. The predicted molar refractivity (Wildman–Crippen MR) is 98.6 cm³/mol. The molecule has 0 aliphatic carbocycles. The number of methoxy groups -OCH3 is 2. The van der Waals surface area contributed by atoms with E-state index >= 15 is 0 Å². The summed E-state index contributed by atoms with van der Waals surface area (Å²) in [6.07, 6.45) is -0.186. The van der Waals surface area contributed by atoms with Crippen molar-refractivity contribution in [1.29, 1.82) is 0 Å². The first-order valence-corrected chi connectivity index (χ1v) is 8.95. The summed E-state index contributed by atoms with van der Waals surface area (Å²) in [5.74, 6) is 1.46.